The Morgan fingerprint density at radius 1 is 1.11 bits per heavy atom. The number of benzene rings is 2. The smallest absolute Gasteiger partial charge is 0.214 e. The zero-order valence-electron chi connectivity index (χ0n) is 16.1. The molecule has 1 aromatic heterocycles. The molecule has 148 valence electrons. The first-order chi connectivity index (χ1) is 13.6. The van der Waals surface area contributed by atoms with Gasteiger partial charge in [0, 0.05) is 30.2 Å². The van der Waals surface area contributed by atoms with E-state index in [0.717, 1.165) is 29.7 Å². The summed E-state index contributed by atoms with van der Waals surface area (Å²) >= 11 is 0. The molecule has 1 aliphatic heterocycles. The molecule has 0 saturated carbocycles. The van der Waals surface area contributed by atoms with Gasteiger partial charge in [0.2, 0.25) is 10.0 Å². The van der Waals surface area contributed by atoms with Gasteiger partial charge in [-0.3, -0.25) is 0 Å². The number of aryl methyl sites for hydroxylation is 1. The SMILES string of the molecule is COc1ccc2[nH]cc(C3CCN(S(=O)(=O)CCc4ccccc4)CC3)c2c1. The number of methoxy groups -OCH3 is 1. The van der Waals surface area contributed by atoms with Crippen molar-refractivity contribution in [1.82, 2.24) is 9.29 Å². The van der Waals surface area contributed by atoms with Crippen LogP contribution < -0.4 is 4.74 Å². The third-order valence-corrected chi connectivity index (χ3v) is 7.57. The van der Waals surface area contributed by atoms with E-state index in [-0.39, 0.29) is 5.75 Å². The van der Waals surface area contributed by atoms with E-state index in [1.807, 2.05) is 42.5 Å². The number of aromatic amines is 1. The summed E-state index contributed by atoms with van der Waals surface area (Å²) in [5.41, 5.74) is 3.41. The molecule has 2 aromatic carbocycles. The molecule has 1 fully saturated rings. The number of aromatic nitrogens is 1. The first kappa shape index (κ1) is 19.0. The maximum atomic E-state index is 12.8. The molecule has 2 heterocycles. The third kappa shape index (κ3) is 3.93. The lowest BCUT2D eigenvalue weighted by atomic mass is 9.90. The second-order valence-corrected chi connectivity index (χ2v) is 9.47. The fraction of sp³-hybridized carbons (Fsp3) is 0.364. The van der Waals surface area contributed by atoms with Gasteiger partial charge in [-0.2, -0.15) is 0 Å². The first-order valence-electron chi connectivity index (χ1n) is 9.73. The lowest BCUT2D eigenvalue weighted by Gasteiger charge is -2.31. The number of hydrogen-bond donors (Lipinski definition) is 1. The summed E-state index contributed by atoms with van der Waals surface area (Å²) in [6.45, 7) is 1.16. The minimum atomic E-state index is -3.22. The summed E-state index contributed by atoms with van der Waals surface area (Å²) in [6, 6.07) is 15.8. The molecule has 5 nitrogen and oxygen atoms in total. The van der Waals surface area contributed by atoms with E-state index >= 15 is 0 Å². The summed E-state index contributed by atoms with van der Waals surface area (Å²) in [7, 11) is -1.55. The van der Waals surface area contributed by atoms with Crippen molar-refractivity contribution in [1.29, 1.82) is 0 Å². The molecular formula is C22H26N2O3S. The van der Waals surface area contributed by atoms with Crippen LogP contribution in [0.15, 0.2) is 54.7 Å². The van der Waals surface area contributed by atoms with Crippen LogP contribution >= 0.6 is 0 Å². The summed E-state index contributed by atoms with van der Waals surface area (Å²) in [5.74, 6) is 1.38. The van der Waals surface area contributed by atoms with Crippen molar-refractivity contribution in [2.45, 2.75) is 25.2 Å². The highest BCUT2D eigenvalue weighted by atomic mass is 32.2. The van der Waals surface area contributed by atoms with E-state index in [9.17, 15) is 8.42 Å². The number of hydrogen-bond acceptors (Lipinski definition) is 3. The summed E-state index contributed by atoms with van der Waals surface area (Å²) in [6.07, 6.45) is 4.31. The quantitative estimate of drug-likeness (QED) is 0.684. The van der Waals surface area contributed by atoms with E-state index in [2.05, 4.69) is 17.2 Å². The number of piperidine rings is 1. The summed E-state index contributed by atoms with van der Waals surface area (Å²) in [5, 5.41) is 1.17. The van der Waals surface area contributed by atoms with Crippen LogP contribution in [0.2, 0.25) is 0 Å². The lowest BCUT2D eigenvalue weighted by Crippen LogP contribution is -2.39. The van der Waals surface area contributed by atoms with Gasteiger partial charge in [-0.15, -0.1) is 0 Å². The van der Waals surface area contributed by atoms with Gasteiger partial charge in [0.15, 0.2) is 0 Å². The molecule has 1 aliphatic rings. The average molecular weight is 399 g/mol. The lowest BCUT2D eigenvalue weighted by molar-refractivity contribution is 0.320. The van der Waals surface area contributed by atoms with E-state index in [1.54, 1.807) is 11.4 Å². The molecule has 4 rings (SSSR count). The number of rotatable bonds is 6. The molecule has 0 spiro atoms. The molecule has 6 heteroatoms. The molecule has 1 N–H and O–H groups in total. The largest absolute Gasteiger partial charge is 0.497 e. The van der Waals surface area contributed by atoms with Gasteiger partial charge in [0.1, 0.15) is 5.75 Å². The Morgan fingerprint density at radius 3 is 2.57 bits per heavy atom. The van der Waals surface area contributed by atoms with E-state index < -0.39 is 10.0 Å². The normalized spacial score (nSPS) is 16.5. The summed E-state index contributed by atoms with van der Waals surface area (Å²) < 4.78 is 32.5. The first-order valence-corrected chi connectivity index (χ1v) is 11.3. The number of nitrogens with zero attached hydrogens (tertiary/aromatic N) is 1. The molecular weight excluding hydrogens is 372 g/mol. The molecule has 0 unspecified atom stereocenters. The number of fused-ring (bicyclic) bond motifs is 1. The van der Waals surface area contributed by atoms with Crippen LogP contribution in [0.5, 0.6) is 5.75 Å². The Hall–Kier alpha value is -2.31. The van der Waals surface area contributed by atoms with Gasteiger partial charge in [-0.05, 0) is 54.5 Å². The van der Waals surface area contributed by atoms with E-state index in [0.29, 0.717) is 25.4 Å². The topological polar surface area (TPSA) is 62.4 Å². The molecule has 28 heavy (non-hydrogen) atoms. The third-order valence-electron chi connectivity index (χ3n) is 5.70. The van der Waals surface area contributed by atoms with Crippen molar-refractivity contribution in [3.8, 4) is 5.75 Å². The van der Waals surface area contributed by atoms with Gasteiger partial charge < -0.3 is 9.72 Å². The molecule has 1 saturated heterocycles. The molecule has 0 bridgehead atoms. The van der Waals surface area contributed by atoms with Crippen LogP contribution in [0.1, 0.15) is 29.9 Å². The number of H-pyrrole nitrogens is 1. The van der Waals surface area contributed by atoms with E-state index in [4.69, 9.17) is 4.74 Å². The Kier molecular flexibility index (Phi) is 5.42. The van der Waals surface area contributed by atoms with Crippen molar-refractivity contribution in [2.24, 2.45) is 0 Å². The van der Waals surface area contributed by atoms with Crippen molar-refractivity contribution in [2.75, 3.05) is 26.0 Å². The van der Waals surface area contributed by atoms with Gasteiger partial charge >= 0.3 is 0 Å². The number of ether oxygens (including phenoxy) is 1. The van der Waals surface area contributed by atoms with Crippen LogP contribution in [-0.4, -0.2) is 43.7 Å². The van der Waals surface area contributed by atoms with Gasteiger partial charge in [0.05, 0.1) is 12.9 Å². The maximum absolute atomic E-state index is 12.8. The molecule has 0 atom stereocenters. The fourth-order valence-corrected chi connectivity index (χ4v) is 5.57. The van der Waals surface area contributed by atoms with Crippen molar-refractivity contribution in [3.63, 3.8) is 0 Å². The van der Waals surface area contributed by atoms with Gasteiger partial charge in [0.25, 0.3) is 0 Å². The average Bonchev–Trinajstić information content (AvgIpc) is 3.16. The van der Waals surface area contributed by atoms with Crippen LogP contribution in [-0.2, 0) is 16.4 Å². The Labute approximate surface area is 166 Å². The molecule has 3 aromatic rings. The Balaban J connectivity index is 1.41. The van der Waals surface area contributed by atoms with Crippen molar-refractivity contribution in [3.05, 3.63) is 65.9 Å². The van der Waals surface area contributed by atoms with Crippen molar-refractivity contribution < 1.29 is 13.2 Å². The van der Waals surface area contributed by atoms with Crippen LogP contribution in [0.3, 0.4) is 0 Å². The molecule has 0 radical (unpaired) electrons. The van der Waals surface area contributed by atoms with Crippen molar-refractivity contribution >= 4 is 20.9 Å². The highest BCUT2D eigenvalue weighted by Crippen LogP contribution is 2.35. The van der Waals surface area contributed by atoms with Crippen LogP contribution in [0.25, 0.3) is 10.9 Å². The zero-order chi connectivity index (χ0) is 19.6. The Morgan fingerprint density at radius 2 is 1.86 bits per heavy atom. The zero-order valence-corrected chi connectivity index (χ0v) is 16.9. The predicted molar refractivity (Wildman–Crippen MR) is 112 cm³/mol. The number of sulfonamides is 1. The minimum absolute atomic E-state index is 0.173. The standard InChI is InChI=1S/C22H26N2O3S/c1-27-19-7-8-22-20(15-19)21(16-23-22)18-9-12-24(13-10-18)28(25,26)14-11-17-5-3-2-4-6-17/h2-8,15-16,18,23H,9-14H2,1H3. The second-order valence-electron chi connectivity index (χ2n) is 7.38. The highest BCUT2D eigenvalue weighted by Gasteiger charge is 2.29. The minimum Gasteiger partial charge on any atom is -0.497 e. The monoisotopic (exact) mass is 398 g/mol. The van der Waals surface area contributed by atoms with Gasteiger partial charge in [-0.1, -0.05) is 30.3 Å². The molecule has 0 aliphatic carbocycles. The maximum Gasteiger partial charge on any atom is 0.214 e. The highest BCUT2D eigenvalue weighted by molar-refractivity contribution is 7.89. The second kappa shape index (κ2) is 7.97. The van der Waals surface area contributed by atoms with E-state index in [1.165, 1.54) is 10.9 Å². The predicted octanol–water partition coefficient (Wildman–Crippen LogP) is 3.93. The van der Waals surface area contributed by atoms with Crippen LogP contribution in [0.4, 0.5) is 0 Å². The molecule has 0 amide bonds. The van der Waals surface area contributed by atoms with Crippen LogP contribution in [0, 0.1) is 0 Å². The van der Waals surface area contributed by atoms with Gasteiger partial charge in [-0.25, -0.2) is 12.7 Å². The fourth-order valence-electron chi connectivity index (χ4n) is 4.05. The Bertz CT molecular complexity index is 1040. The number of nitrogens with one attached hydrogen (secondary N) is 1. The summed E-state index contributed by atoms with van der Waals surface area (Å²) in [4.78, 5) is 3.33.